The summed E-state index contributed by atoms with van der Waals surface area (Å²) in [6, 6.07) is 13.0. The number of phosphoric ester groups is 1. The lowest BCUT2D eigenvalue weighted by Crippen LogP contribution is -2.45. The van der Waals surface area contributed by atoms with E-state index in [0.717, 1.165) is 24.0 Å². The Kier molecular flexibility index (Phi) is 11.6. The van der Waals surface area contributed by atoms with Gasteiger partial charge in [0.1, 0.15) is 48.1 Å². The molecule has 19 nitrogen and oxygen atoms in total. The molecule has 2 unspecified atom stereocenters. The van der Waals surface area contributed by atoms with E-state index < -0.39 is 101 Å². The number of hydrogen-bond donors (Lipinski definition) is 3. The average Bonchev–Trinajstić information content (AvgIpc) is 3.86. The maximum absolute atomic E-state index is 16.5. The van der Waals surface area contributed by atoms with Crippen LogP contribution in [0.5, 0.6) is 5.75 Å². The number of fused-ring (bicyclic) bond motifs is 4. The van der Waals surface area contributed by atoms with Crippen LogP contribution < -0.4 is 15.8 Å². The Hall–Kier alpha value is -4.47. The molecule has 8 rings (SSSR count). The summed E-state index contributed by atoms with van der Waals surface area (Å²) in [4.78, 5) is 60.0. The van der Waals surface area contributed by atoms with Gasteiger partial charge in [0.05, 0.1) is 31.0 Å². The Morgan fingerprint density at radius 3 is 2.46 bits per heavy atom. The Labute approximate surface area is 336 Å². The van der Waals surface area contributed by atoms with E-state index in [1.165, 1.54) is 23.0 Å². The van der Waals surface area contributed by atoms with Gasteiger partial charge >= 0.3 is 20.6 Å². The van der Waals surface area contributed by atoms with Crippen molar-refractivity contribution in [1.82, 2.24) is 24.8 Å². The number of esters is 1. The number of phosphoric acid groups is 1. The fourth-order valence-electron chi connectivity index (χ4n) is 6.72. The first-order valence-corrected chi connectivity index (χ1v) is 22.5. The van der Waals surface area contributed by atoms with E-state index >= 15 is 8.78 Å². The fraction of sp³-hybridized carbons (Fsp3) is 0.371. The summed E-state index contributed by atoms with van der Waals surface area (Å²) >= 11 is 0.608. The minimum Gasteiger partial charge on any atom is -0.423 e. The normalized spacial score (nSPS) is 33.7. The molecule has 2 aromatic carbocycles. The van der Waals surface area contributed by atoms with Crippen molar-refractivity contribution < 1.29 is 69.5 Å². The molecule has 59 heavy (non-hydrogen) atoms. The molecule has 3 saturated heterocycles. The molecule has 2 aromatic heterocycles. The number of carbonyl (C=O) groups is 3. The van der Waals surface area contributed by atoms with Gasteiger partial charge in [0.2, 0.25) is 11.8 Å². The molecule has 0 radical (unpaired) electrons. The van der Waals surface area contributed by atoms with Crippen LogP contribution >= 0.6 is 26.0 Å². The van der Waals surface area contributed by atoms with E-state index in [1.54, 1.807) is 36.4 Å². The fourth-order valence-corrected chi connectivity index (χ4v) is 11.0. The maximum Gasteiger partial charge on any atom is 0.472 e. The van der Waals surface area contributed by atoms with Crippen LogP contribution in [0, 0.1) is 12.8 Å². The molecule has 2 amide bonds. The molecular weight excluding hydrogens is 844 g/mol. The number of amides is 2. The number of aryl methyl sites for hydroxylation is 1. The van der Waals surface area contributed by atoms with Crippen LogP contribution in [0.1, 0.15) is 27.7 Å². The molecule has 3 fully saturated rings. The van der Waals surface area contributed by atoms with Crippen molar-refractivity contribution in [3.05, 3.63) is 90.0 Å². The molecule has 0 aliphatic carbocycles. The Morgan fingerprint density at radius 2 is 1.71 bits per heavy atom. The van der Waals surface area contributed by atoms with Crippen molar-refractivity contribution in [2.75, 3.05) is 18.9 Å². The first kappa shape index (κ1) is 41.3. The first-order valence-electron chi connectivity index (χ1n) is 17.8. The summed E-state index contributed by atoms with van der Waals surface area (Å²) in [5, 5.41) is 2.03. The van der Waals surface area contributed by atoms with Crippen molar-refractivity contribution in [3.8, 4) is 5.75 Å². The molecule has 4 aliphatic rings. The van der Waals surface area contributed by atoms with Gasteiger partial charge in [-0.2, -0.15) is 0 Å². The van der Waals surface area contributed by atoms with Crippen LogP contribution in [0.3, 0.4) is 0 Å². The number of halogens is 2. The number of nitrogens with two attached hydrogens (primary N) is 1. The second-order valence-electron chi connectivity index (χ2n) is 13.7. The van der Waals surface area contributed by atoms with E-state index in [4.69, 9.17) is 38.0 Å². The molecule has 6 heterocycles. The number of imide groups is 1. The van der Waals surface area contributed by atoms with Crippen molar-refractivity contribution in [2.24, 2.45) is 5.92 Å². The Morgan fingerprint density at radius 1 is 0.966 bits per heavy atom. The first-order chi connectivity index (χ1) is 28.2. The third-order valence-corrected chi connectivity index (χ3v) is 14.4. The molecule has 0 spiro atoms. The highest BCUT2D eigenvalue weighted by Crippen LogP contribution is 2.65. The highest BCUT2D eigenvalue weighted by Gasteiger charge is 2.56. The maximum atomic E-state index is 16.5. The number of rotatable bonds is 7. The third kappa shape index (κ3) is 8.74. The molecule has 11 atom stereocenters. The van der Waals surface area contributed by atoms with Gasteiger partial charge in [-0.25, -0.2) is 37.7 Å². The van der Waals surface area contributed by atoms with Crippen LogP contribution in [0.15, 0.2) is 73.3 Å². The van der Waals surface area contributed by atoms with Gasteiger partial charge in [0, 0.05) is 11.8 Å². The molecule has 312 valence electrons. The molecule has 2 bridgehead atoms. The summed E-state index contributed by atoms with van der Waals surface area (Å²) in [6.07, 6.45) is -10.2. The highest BCUT2D eigenvalue weighted by molar-refractivity contribution is 8.54. The molecule has 0 saturated carbocycles. The van der Waals surface area contributed by atoms with E-state index in [0.29, 0.717) is 22.5 Å². The second-order valence-corrected chi connectivity index (χ2v) is 19.2. The number of hydrogen-bond acceptors (Lipinski definition) is 17. The summed E-state index contributed by atoms with van der Waals surface area (Å²) < 4.78 is 101. The number of imidazole rings is 1. The van der Waals surface area contributed by atoms with E-state index in [1.807, 2.05) is 12.2 Å². The Balaban J connectivity index is 1.09. The minimum atomic E-state index is -5.25. The number of carbonyl (C=O) groups excluding carboxylic acids is 3. The average molecular weight is 879 g/mol. The minimum absolute atomic E-state index is 0.00899. The number of anilines is 1. The zero-order valence-electron chi connectivity index (χ0n) is 30.5. The number of aromatic nitrogens is 4. The summed E-state index contributed by atoms with van der Waals surface area (Å²) in [5.74, 6) is -3.51. The topological polar surface area (TPSA) is 252 Å². The predicted molar refractivity (Wildman–Crippen MR) is 201 cm³/mol. The third-order valence-electron chi connectivity index (χ3n) is 9.72. The zero-order chi connectivity index (χ0) is 41.6. The number of nitrogens with zero attached hydrogens (tertiary/aromatic N) is 4. The van der Waals surface area contributed by atoms with Crippen LogP contribution in [0.4, 0.5) is 14.6 Å². The number of ether oxygens (including phenoxy) is 3. The number of nitrogen functional groups attached to an aromatic ring is 1. The Bertz CT molecular complexity index is 2390. The standard InChI is InChI=1S/C35H34F2N6O13P2S/c1-17-2-6-19(7-3-17)35(46)52-20-8-4-18(5-9-20)14-59-58(49)51-13-23-29(26(37)28(53-23)21-10-11-24(44)42-33(21)45)55-57(47,48)50-12-22-25(36)30(56-58)34(54-22)43-16-41-27-31(38)39-15-40-32(27)43/h2-11,15-16,21-23,25-26,28-30,34H,12-14H2,1H3,(H,47,48)(H2,38,39,40)(H,42,44,45)/t21?,22-,23-,25-,26+,28+,29-,30-,34-,58+/m1/s1. The van der Waals surface area contributed by atoms with Crippen LogP contribution in [0.25, 0.3) is 11.2 Å². The summed E-state index contributed by atoms with van der Waals surface area (Å²) in [6.45, 7) is -4.54. The van der Waals surface area contributed by atoms with Gasteiger partial charge in [-0.15, -0.1) is 0 Å². The van der Waals surface area contributed by atoms with Gasteiger partial charge in [0.15, 0.2) is 30.0 Å². The van der Waals surface area contributed by atoms with Gasteiger partial charge in [0.25, 0.3) is 0 Å². The van der Waals surface area contributed by atoms with Crippen LogP contribution in [-0.4, -0.2) is 98.3 Å². The van der Waals surface area contributed by atoms with Gasteiger partial charge in [-0.1, -0.05) is 35.9 Å². The number of benzene rings is 2. The largest absolute Gasteiger partial charge is 0.472 e. The summed E-state index contributed by atoms with van der Waals surface area (Å²) in [7, 11) is -5.25. The second kappa shape index (κ2) is 16.5. The van der Waals surface area contributed by atoms with Crippen LogP contribution in [-0.2, 0) is 52.0 Å². The lowest BCUT2D eigenvalue weighted by atomic mass is 9.94. The lowest BCUT2D eigenvalue weighted by Gasteiger charge is -2.27. The lowest BCUT2D eigenvalue weighted by molar-refractivity contribution is -0.135. The molecule has 4 aromatic rings. The van der Waals surface area contributed by atoms with E-state index in [-0.39, 0.29) is 28.5 Å². The molecule has 4 N–H and O–H groups in total. The highest BCUT2D eigenvalue weighted by atomic mass is 32.7. The predicted octanol–water partition coefficient (Wildman–Crippen LogP) is 4.07. The van der Waals surface area contributed by atoms with Crippen molar-refractivity contribution >= 4 is 60.8 Å². The van der Waals surface area contributed by atoms with Crippen molar-refractivity contribution in [3.63, 3.8) is 0 Å². The van der Waals surface area contributed by atoms with Crippen molar-refractivity contribution in [2.45, 2.75) is 61.8 Å². The molecule has 4 aliphatic heterocycles. The van der Waals surface area contributed by atoms with Crippen LogP contribution in [0.2, 0.25) is 0 Å². The van der Waals surface area contributed by atoms with Gasteiger partial charge in [-0.3, -0.25) is 37.6 Å². The SMILES string of the molecule is Cc1ccc(C(=O)Oc2ccc(CS[P@@]3(=O)OC[C@H]4O[C@@H](C5C=CC(=O)NC5=O)[C@H](F)[C@@H]4OP(=O)(O)OC[C@H]4O[C@@H](n5cnc6c(N)ncnc65)[C@H](O3)[C@@H]4F)cc2)cc1. The van der Waals surface area contributed by atoms with Gasteiger partial charge in [-0.05, 0) is 48.1 Å². The zero-order valence-corrected chi connectivity index (χ0v) is 33.1. The number of nitrogens with one attached hydrogen (secondary N) is 1. The smallest absolute Gasteiger partial charge is 0.423 e. The molecular formula is C35H34F2N6O13P2S. The summed E-state index contributed by atoms with van der Waals surface area (Å²) in [5.41, 5.74) is 8.00. The quantitative estimate of drug-likeness (QED) is 0.102. The van der Waals surface area contributed by atoms with E-state index in [9.17, 15) is 28.4 Å². The monoisotopic (exact) mass is 878 g/mol. The van der Waals surface area contributed by atoms with Crippen molar-refractivity contribution in [1.29, 1.82) is 0 Å². The van der Waals surface area contributed by atoms with Gasteiger partial charge < -0.3 is 24.8 Å². The van der Waals surface area contributed by atoms with E-state index in [2.05, 4.69) is 15.0 Å². The number of alkyl halides is 2. The molecule has 24 heteroatoms.